The third-order valence-corrected chi connectivity index (χ3v) is 6.67. The summed E-state index contributed by atoms with van der Waals surface area (Å²) in [6, 6.07) is 0.998. The van der Waals surface area contributed by atoms with Gasteiger partial charge in [-0.15, -0.1) is 0 Å². The van der Waals surface area contributed by atoms with Crippen LogP contribution in [0.15, 0.2) is 18.2 Å². The third kappa shape index (κ3) is 5.39. The molecule has 0 aliphatic carbocycles. The van der Waals surface area contributed by atoms with Crippen LogP contribution in [0.1, 0.15) is 30.1 Å². The number of carboxylic acids is 1. The zero-order valence-electron chi connectivity index (χ0n) is 18.1. The van der Waals surface area contributed by atoms with E-state index in [1.165, 1.54) is 17.0 Å². The second kappa shape index (κ2) is 10.3. The van der Waals surface area contributed by atoms with E-state index in [0.717, 1.165) is 11.0 Å². The molecular formula is C20H24N3O10S-. The van der Waals surface area contributed by atoms with Crippen LogP contribution in [0.3, 0.4) is 0 Å². The molecule has 3 amide bonds. The summed E-state index contributed by atoms with van der Waals surface area (Å²) in [5.41, 5.74) is 0.147. The molecule has 1 aromatic carbocycles. The number of ether oxygens (including phenoxy) is 1. The van der Waals surface area contributed by atoms with Gasteiger partial charge in [0.25, 0.3) is 5.91 Å². The largest absolute Gasteiger partial charge is 0.772 e. The van der Waals surface area contributed by atoms with Crippen LogP contribution in [0.25, 0.3) is 0 Å². The Morgan fingerprint density at radius 3 is 2.56 bits per heavy atom. The molecule has 4 N–H and O–H groups in total. The summed E-state index contributed by atoms with van der Waals surface area (Å²) in [6.07, 6.45) is -0.521. The topological polar surface area (TPSA) is 197 Å². The maximum Gasteiger partial charge on any atom is 0.407 e. The number of carboxylic acid groups (broad SMARTS) is 1. The van der Waals surface area contributed by atoms with E-state index in [0.29, 0.717) is 6.42 Å². The van der Waals surface area contributed by atoms with Gasteiger partial charge in [0.15, 0.2) is 11.5 Å². The van der Waals surface area contributed by atoms with Crippen molar-refractivity contribution in [3.63, 3.8) is 0 Å². The van der Waals surface area contributed by atoms with Gasteiger partial charge in [-0.2, -0.15) is 0 Å². The van der Waals surface area contributed by atoms with Crippen LogP contribution in [0.5, 0.6) is 11.5 Å². The van der Waals surface area contributed by atoms with E-state index in [-0.39, 0.29) is 30.8 Å². The van der Waals surface area contributed by atoms with Crippen molar-refractivity contribution in [1.29, 1.82) is 0 Å². The number of nitrogens with one attached hydrogen (secondary N) is 1. The number of hydrogen-bond acceptors (Lipinski definition) is 9. The van der Waals surface area contributed by atoms with E-state index < -0.39 is 70.7 Å². The number of aromatic hydroxyl groups is 2. The van der Waals surface area contributed by atoms with E-state index in [1.54, 1.807) is 6.92 Å². The summed E-state index contributed by atoms with van der Waals surface area (Å²) < 4.78 is 28.3. The van der Waals surface area contributed by atoms with Gasteiger partial charge in [0, 0.05) is 31.1 Å². The Morgan fingerprint density at radius 1 is 1.29 bits per heavy atom. The normalized spacial score (nSPS) is 22.5. The van der Waals surface area contributed by atoms with Crippen molar-refractivity contribution < 1.29 is 48.0 Å². The van der Waals surface area contributed by atoms with Crippen LogP contribution >= 0.6 is 0 Å². The lowest BCUT2D eigenvalue weighted by atomic mass is 9.98. The van der Waals surface area contributed by atoms with Gasteiger partial charge in [-0.05, 0) is 42.6 Å². The summed E-state index contributed by atoms with van der Waals surface area (Å²) in [6.45, 7) is 1.21. The summed E-state index contributed by atoms with van der Waals surface area (Å²) in [5, 5.41) is 29.2. The van der Waals surface area contributed by atoms with Gasteiger partial charge < -0.3 is 39.7 Å². The molecule has 14 heteroatoms. The van der Waals surface area contributed by atoms with Gasteiger partial charge in [-0.1, -0.05) is 0 Å². The smallest absolute Gasteiger partial charge is 0.407 e. The quantitative estimate of drug-likeness (QED) is 0.203. The van der Waals surface area contributed by atoms with E-state index >= 15 is 0 Å². The van der Waals surface area contributed by atoms with Gasteiger partial charge in [0.1, 0.15) is 12.6 Å². The Labute approximate surface area is 196 Å². The molecule has 5 atom stereocenters. The Kier molecular flexibility index (Phi) is 7.61. The Balaban J connectivity index is 1.55. The highest BCUT2D eigenvalue weighted by molar-refractivity contribution is 7.79. The predicted molar refractivity (Wildman–Crippen MR) is 114 cm³/mol. The maximum atomic E-state index is 12.6. The zero-order chi connectivity index (χ0) is 25.2. The fraction of sp³-hybridized carbons (Fsp3) is 0.500. The molecule has 186 valence electrons. The minimum Gasteiger partial charge on any atom is -0.772 e. The number of phenols is 2. The first-order chi connectivity index (χ1) is 16.0. The lowest BCUT2D eigenvalue weighted by Crippen LogP contribution is -2.63. The molecule has 2 fully saturated rings. The molecule has 2 aliphatic rings. The number of carbonyl (C=O) groups excluding carboxylic acids is 3. The van der Waals surface area contributed by atoms with Crippen molar-refractivity contribution in [2.45, 2.75) is 43.1 Å². The number of hydrogen-bond donors (Lipinski definition) is 4. The zero-order valence-corrected chi connectivity index (χ0v) is 18.9. The lowest BCUT2D eigenvalue weighted by molar-refractivity contribution is -0.161. The molecule has 2 heterocycles. The van der Waals surface area contributed by atoms with Crippen molar-refractivity contribution in [3.8, 4) is 11.5 Å². The van der Waals surface area contributed by atoms with Gasteiger partial charge in [0.05, 0.1) is 11.3 Å². The van der Waals surface area contributed by atoms with E-state index in [9.17, 15) is 43.3 Å². The molecule has 3 rings (SSSR count). The van der Waals surface area contributed by atoms with Crippen molar-refractivity contribution in [3.05, 3.63) is 23.8 Å². The standard InChI is InChI=1S/C20H25N3O10S/c1-10-6-16(26)23(10)17(19(28)29)15(34(31)32)9-33-20(30)21-12-4-5-22(8-12)18(27)11-2-3-13(24)14(25)7-11/h2-3,7,10,12,15,17,24-25H,4-6,8-9H2,1H3,(H,21,30)(H,28,29)(H,31,32)/p-1/t10-,12?,15+,17-/m1/s1. The molecular weight excluding hydrogens is 474 g/mol. The van der Waals surface area contributed by atoms with Crippen molar-refractivity contribution in [1.82, 2.24) is 15.1 Å². The highest BCUT2D eigenvalue weighted by Gasteiger charge is 2.46. The van der Waals surface area contributed by atoms with Gasteiger partial charge in [0.2, 0.25) is 5.91 Å². The van der Waals surface area contributed by atoms with Gasteiger partial charge >= 0.3 is 12.1 Å². The van der Waals surface area contributed by atoms with Crippen LogP contribution in [-0.4, -0.2) is 101 Å². The average molecular weight is 498 g/mol. The molecule has 13 nitrogen and oxygen atoms in total. The van der Waals surface area contributed by atoms with Crippen LogP contribution in [-0.2, 0) is 25.4 Å². The molecule has 2 unspecified atom stereocenters. The third-order valence-electron chi connectivity index (χ3n) is 5.78. The monoisotopic (exact) mass is 498 g/mol. The number of amides is 3. The Hall–Kier alpha value is -3.39. The number of nitrogens with zero attached hydrogens (tertiary/aromatic N) is 2. The molecule has 2 saturated heterocycles. The SMILES string of the molecule is C[C@@H]1CC(=O)N1[C@@H](C(=O)O)[C@H](COC(=O)NC1CCN(C(=O)c2ccc(O)c(O)c2)C1)S(=O)[O-]. The fourth-order valence-corrected chi connectivity index (χ4v) is 4.63. The fourth-order valence-electron chi connectivity index (χ4n) is 4.00. The maximum absolute atomic E-state index is 12.6. The lowest BCUT2D eigenvalue weighted by Gasteiger charge is -2.44. The minimum atomic E-state index is -2.95. The first-order valence-electron chi connectivity index (χ1n) is 10.4. The molecule has 0 aromatic heterocycles. The summed E-state index contributed by atoms with van der Waals surface area (Å²) in [4.78, 5) is 50.6. The van der Waals surface area contributed by atoms with Gasteiger partial charge in [-0.3, -0.25) is 13.8 Å². The molecule has 1 aromatic rings. The van der Waals surface area contributed by atoms with E-state index in [4.69, 9.17) is 4.74 Å². The highest BCUT2D eigenvalue weighted by atomic mass is 32.2. The number of alkyl carbamates (subject to hydrolysis) is 1. The number of likely N-dealkylation sites (tertiary alicyclic amines) is 2. The number of phenolic OH excluding ortho intramolecular Hbond substituents is 2. The molecule has 2 aliphatic heterocycles. The second-order valence-electron chi connectivity index (χ2n) is 8.12. The Bertz CT molecular complexity index is 1020. The van der Waals surface area contributed by atoms with Crippen LogP contribution in [0.2, 0.25) is 0 Å². The van der Waals surface area contributed by atoms with Crippen molar-refractivity contribution in [2.24, 2.45) is 0 Å². The van der Waals surface area contributed by atoms with Crippen LogP contribution in [0.4, 0.5) is 4.79 Å². The Morgan fingerprint density at radius 2 is 2.00 bits per heavy atom. The second-order valence-corrected chi connectivity index (χ2v) is 9.25. The van der Waals surface area contributed by atoms with E-state index in [2.05, 4.69) is 5.32 Å². The molecule has 34 heavy (non-hydrogen) atoms. The average Bonchev–Trinajstić information content (AvgIpc) is 3.22. The van der Waals surface area contributed by atoms with E-state index in [1.807, 2.05) is 0 Å². The molecule has 0 radical (unpaired) electrons. The van der Waals surface area contributed by atoms with Crippen LogP contribution in [0, 0.1) is 0 Å². The summed E-state index contributed by atoms with van der Waals surface area (Å²) >= 11 is -2.95. The first kappa shape index (κ1) is 25.2. The number of benzene rings is 1. The first-order valence-corrected chi connectivity index (χ1v) is 11.5. The predicted octanol–water partition coefficient (Wildman–Crippen LogP) is -0.640. The van der Waals surface area contributed by atoms with Crippen molar-refractivity contribution in [2.75, 3.05) is 19.7 Å². The van der Waals surface area contributed by atoms with Crippen molar-refractivity contribution >= 4 is 35.0 Å². The summed E-state index contributed by atoms with van der Waals surface area (Å²) in [5.74, 6) is -3.26. The molecule has 0 saturated carbocycles. The molecule has 0 spiro atoms. The number of aliphatic carboxylic acids is 1. The number of carbonyl (C=O) groups is 4. The number of rotatable bonds is 8. The highest BCUT2D eigenvalue weighted by Crippen LogP contribution is 2.27. The van der Waals surface area contributed by atoms with Crippen LogP contribution < -0.4 is 5.32 Å². The van der Waals surface area contributed by atoms with Gasteiger partial charge in [-0.25, -0.2) is 9.59 Å². The molecule has 0 bridgehead atoms. The number of β-lactam (4-membered cyclic amide) rings is 1. The summed E-state index contributed by atoms with van der Waals surface area (Å²) in [7, 11) is 0. The minimum absolute atomic E-state index is 0.101.